The Kier molecular flexibility index (Phi) is 8.29. The van der Waals surface area contributed by atoms with Gasteiger partial charge in [-0.05, 0) is 48.2 Å². The van der Waals surface area contributed by atoms with Crippen molar-refractivity contribution in [2.24, 2.45) is 0 Å². The van der Waals surface area contributed by atoms with Crippen LogP contribution in [0.5, 0.6) is 5.75 Å². The fraction of sp³-hybridized carbons (Fsp3) is 0.292. The SMILES string of the molecule is CCCCc1ccc(NC(=O)Cc2cc(=O)[nH]c(SCc3cccc(OC)c3)n2)cc1. The summed E-state index contributed by atoms with van der Waals surface area (Å²) >= 11 is 1.41. The predicted molar refractivity (Wildman–Crippen MR) is 125 cm³/mol. The number of benzene rings is 2. The number of rotatable bonds is 10. The van der Waals surface area contributed by atoms with Gasteiger partial charge in [0.25, 0.3) is 5.56 Å². The summed E-state index contributed by atoms with van der Waals surface area (Å²) < 4.78 is 5.23. The molecule has 1 amide bonds. The highest BCUT2D eigenvalue weighted by molar-refractivity contribution is 7.98. The topological polar surface area (TPSA) is 84.1 Å². The molecular weight excluding hydrogens is 410 g/mol. The molecule has 1 aromatic heterocycles. The Balaban J connectivity index is 1.59. The van der Waals surface area contributed by atoms with Gasteiger partial charge in [-0.15, -0.1) is 0 Å². The lowest BCUT2D eigenvalue weighted by atomic mass is 10.1. The molecule has 0 radical (unpaired) electrons. The first kappa shape index (κ1) is 22.6. The molecule has 1 heterocycles. The number of unbranched alkanes of at least 4 members (excludes halogenated alkanes) is 1. The third-order valence-corrected chi connectivity index (χ3v) is 5.63. The number of nitrogens with zero attached hydrogens (tertiary/aromatic N) is 1. The Morgan fingerprint density at radius 2 is 1.94 bits per heavy atom. The van der Waals surface area contributed by atoms with Gasteiger partial charge in [-0.2, -0.15) is 0 Å². The molecule has 0 fully saturated rings. The molecule has 3 rings (SSSR count). The van der Waals surface area contributed by atoms with Crippen LogP contribution in [0.3, 0.4) is 0 Å². The molecule has 31 heavy (non-hydrogen) atoms. The Labute approximate surface area is 186 Å². The number of thioether (sulfide) groups is 1. The van der Waals surface area contributed by atoms with Gasteiger partial charge in [-0.3, -0.25) is 9.59 Å². The summed E-state index contributed by atoms with van der Waals surface area (Å²) in [4.78, 5) is 31.6. The molecule has 0 atom stereocenters. The molecule has 0 aliphatic carbocycles. The molecule has 7 heteroatoms. The summed E-state index contributed by atoms with van der Waals surface area (Å²) in [5, 5.41) is 3.36. The minimum atomic E-state index is -0.272. The van der Waals surface area contributed by atoms with Gasteiger partial charge >= 0.3 is 0 Å². The van der Waals surface area contributed by atoms with Crippen LogP contribution in [0.2, 0.25) is 0 Å². The van der Waals surface area contributed by atoms with Crippen LogP contribution in [0.25, 0.3) is 0 Å². The fourth-order valence-corrected chi connectivity index (χ4v) is 3.90. The van der Waals surface area contributed by atoms with Crippen molar-refractivity contribution in [3.05, 3.63) is 81.8 Å². The van der Waals surface area contributed by atoms with E-state index in [0.717, 1.165) is 36.3 Å². The van der Waals surface area contributed by atoms with E-state index in [1.165, 1.54) is 23.4 Å². The highest BCUT2D eigenvalue weighted by Gasteiger charge is 2.09. The molecule has 0 aliphatic heterocycles. The Bertz CT molecular complexity index is 1060. The van der Waals surface area contributed by atoms with Gasteiger partial charge in [0.2, 0.25) is 5.91 Å². The van der Waals surface area contributed by atoms with E-state index < -0.39 is 0 Å². The van der Waals surface area contributed by atoms with Gasteiger partial charge in [-0.1, -0.05) is 49.4 Å². The minimum absolute atomic E-state index is 0.0359. The second kappa shape index (κ2) is 11.4. The van der Waals surface area contributed by atoms with Gasteiger partial charge in [0.05, 0.1) is 19.2 Å². The van der Waals surface area contributed by atoms with Crippen molar-refractivity contribution in [2.45, 2.75) is 43.5 Å². The zero-order valence-electron chi connectivity index (χ0n) is 17.8. The number of aromatic amines is 1. The zero-order valence-corrected chi connectivity index (χ0v) is 18.6. The van der Waals surface area contributed by atoms with E-state index >= 15 is 0 Å². The van der Waals surface area contributed by atoms with Crippen LogP contribution in [0, 0.1) is 0 Å². The summed E-state index contributed by atoms with van der Waals surface area (Å²) in [5.74, 6) is 1.20. The van der Waals surface area contributed by atoms with Crippen molar-refractivity contribution in [2.75, 3.05) is 12.4 Å². The number of anilines is 1. The molecule has 6 nitrogen and oxygen atoms in total. The maximum absolute atomic E-state index is 12.4. The van der Waals surface area contributed by atoms with Gasteiger partial charge in [-0.25, -0.2) is 4.98 Å². The quantitative estimate of drug-likeness (QED) is 0.358. The molecule has 0 spiro atoms. The van der Waals surface area contributed by atoms with E-state index in [-0.39, 0.29) is 17.9 Å². The summed E-state index contributed by atoms with van der Waals surface area (Å²) in [6.07, 6.45) is 3.38. The highest BCUT2D eigenvalue weighted by atomic mass is 32.2. The van der Waals surface area contributed by atoms with Gasteiger partial charge < -0.3 is 15.0 Å². The summed E-state index contributed by atoms with van der Waals surface area (Å²) in [5.41, 5.74) is 3.22. The number of ether oxygens (including phenoxy) is 1. The molecule has 2 aromatic carbocycles. The second-order valence-electron chi connectivity index (χ2n) is 7.21. The van der Waals surface area contributed by atoms with Crippen LogP contribution in [-0.2, 0) is 23.4 Å². The lowest BCUT2D eigenvalue weighted by Crippen LogP contribution is -2.18. The van der Waals surface area contributed by atoms with Crippen LogP contribution >= 0.6 is 11.8 Å². The average Bonchev–Trinajstić information content (AvgIpc) is 2.77. The number of aryl methyl sites for hydroxylation is 1. The maximum atomic E-state index is 12.4. The first-order valence-electron chi connectivity index (χ1n) is 10.3. The zero-order chi connectivity index (χ0) is 22.1. The molecule has 0 unspecified atom stereocenters. The summed E-state index contributed by atoms with van der Waals surface area (Å²) in [6.45, 7) is 2.17. The normalized spacial score (nSPS) is 10.6. The monoisotopic (exact) mass is 437 g/mol. The first-order chi connectivity index (χ1) is 15.1. The molecule has 0 aliphatic rings. The Morgan fingerprint density at radius 1 is 1.13 bits per heavy atom. The van der Waals surface area contributed by atoms with Crippen molar-refractivity contribution in [3.8, 4) is 5.75 Å². The number of amides is 1. The number of carbonyl (C=O) groups excluding carboxylic acids is 1. The molecule has 0 saturated carbocycles. The second-order valence-corrected chi connectivity index (χ2v) is 8.17. The van der Waals surface area contributed by atoms with Crippen LogP contribution < -0.4 is 15.6 Å². The van der Waals surface area contributed by atoms with Crippen molar-refractivity contribution < 1.29 is 9.53 Å². The van der Waals surface area contributed by atoms with Crippen LogP contribution in [0.4, 0.5) is 5.69 Å². The van der Waals surface area contributed by atoms with E-state index in [1.807, 2.05) is 48.5 Å². The molecular formula is C24H27N3O3S. The number of hydrogen-bond acceptors (Lipinski definition) is 5. The van der Waals surface area contributed by atoms with Crippen LogP contribution in [0.15, 0.2) is 64.5 Å². The van der Waals surface area contributed by atoms with Crippen LogP contribution in [0.1, 0.15) is 36.6 Å². The third-order valence-electron chi connectivity index (χ3n) is 4.68. The number of H-pyrrole nitrogens is 1. The molecule has 2 N–H and O–H groups in total. The fourth-order valence-electron chi connectivity index (χ4n) is 3.06. The molecule has 162 valence electrons. The van der Waals surface area contributed by atoms with E-state index in [0.29, 0.717) is 16.6 Å². The van der Waals surface area contributed by atoms with Crippen molar-refractivity contribution in [1.82, 2.24) is 9.97 Å². The molecule has 0 bridgehead atoms. The molecule has 0 saturated heterocycles. The largest absolute Gasteiger partial charge is 0.497 e. The highest BCUT2D eigenvalue weighted by Crippen LogP contribution is 2.21. The van der Waals surface area contributed by atoms with Gasteiger partial charge in [0, 0.05) is 17.5 Å². The minimum Gasteiger partial charge on any atom is -0.497 e. The lowest BCUT2D eigenvalue weighted by Gasteiger charge is -2.08. The van der Waals surface area contributed by atoms with E-state index in [1.54, 1.807) is 7.11 Å². The number of aromatic nitrogens is 2. The number of hydrogen-bond donors (Lipinski definition) is 2. The molecule has 3 aromatic rings. The van der Waals surface area contributed by atoms with Crippen molar-refractivity contribution >= 4 is 23.4 Å². The maximum Gasteiger partial charge on any atom is 0.251 e. The van der Waals surface area contributed by atoms with Crippen LogP contribution in [-0.4, -0.2) is 23.0 Å². The van der Waals surface area contributed by atoms with Gasteiger partial charge in [0.15, 0.2) is 5.16 Å². The number of carbonyl (C=O) groups is 1. The van der Waals surface area contributed by atoms with Crippen molar-refractivity contribution in [1.29, 1.82) is 0 Å². The lowest BCUT2D eigenvalue weighted by molar-refractivity contribution is -0.115. The number of nitrogens with one attached hydrogen (secondary N) is 2. The third kappa shape index (κ3) is 7.29. The smallest absolute Gasteiger partial charge is 0.251 e. The first-order valence-corrected chi connectivity index (χ1v) is 11.3. The van der Waals surface area contributed by atoms with E-state index in [9.17, 15) is 9.59 Å². The summed E-state index contributed by atoms with van der Waals surface area (Å²) in [7, 11) is 1.63. The average molecular weight is 438 g/mol. The Morgan fingerprint density at radius 3 is 2.68 bits per heavy atom. The van der Waals surface area contributed by atoms with E-state index in [2.05, 4.69) is 22.2 Å². The standard InChI is InChI=1S/C24H27N3O3S/c1-3-4-6-17-9-11-19(12-10-17)25-22(28)14-20-15-23(29)27-24(26-20)31-16-18-7-5-8-21(13-18)30-2/h5,7-13,15H,3-4,6,14,16H2,1-2H3,(H,25,28)(H,26,27,29). The predicted octanol–water partition coefficient (Wildman–Crippen LogP) is 4.59. The summed E-state index contributed by atoms with van der Waals surface area (Å²) in [6, 6.07) is 17.0. The number of methoxy groups -OCH3 is 1. The Hall–Kier alpha value is -3.06. The van der Waals surface area contributed by atoms with E-state index in [4.69, 9.17) is 4.74 Å². The van der Waals surface area contributed by atoms with Gasteiger partial charge in [0.1, 0.15) is 5.75 Å². The van der Waals surface area contributed by atoms with Crippen molar-refractivity contribution in [3.63, 3.8) is 0 Å².